The Kier molecular flexibility index (Phi) is 8.12. The molecule has 0 aliphatic carbocycles. The molecule has 1 heterocycles. The second-order valence-electron chi connectivity index (χ2n) is 4.31. The van der Waals surface area contributed by atoms with E-state index >= 15 is 0 Å². The second-order valence-corrected chi connectivity index (χ2v) is 5.64. The number of guanidine groups is 1. The minimum absolute atomic E-state index is 0. The van der Waals surface area contributed by atoms with Crippen LogP contribution in [0.2, 0.25) is 5.02 Å². The summed E-state index contributed by atoms with van der Waals surface area (Å²) in [4.78, 5) is 8.31. The van der Waals surface area contributed by atoms with Crippen molar-refractivity contribution in [3.05, 3.63) is 45.4 Å². The van der Waals surface area contributed by atoms with E-state index in [1.807, 2.05) is 25.2 Å². The Morgan fingerprint density at radius 1 is 1.36 bits per heavy atom. The lowest BCUT2D eigenvalue weighted by Gasteiger charge is -2.12. The van der Waals surface area contributed by atoms with Crippen LogP contribution < -0.4 is 10.6 Å². The Morgan fingerprint density at radius 2 is 2.09 bits per heavy atom. The largest absolute Gasteiger partial charge is 0.352 e. The Bertz CT molecular complexity index is 645. The summed E-state index contributed by atoms with van der Waals surface area (Å²) in [6, 6.07) is 5.79. The highest BCUT2D eigenvalue weighted by Gasteiger charge is 2.05. The molecule has 2 N–H and O–H groups in total. The number of benzene rings is 1. The molecule has 6 nitrogen and oxygen atoms in total. The first-order chi connectivity index (χ1) is 10.1. The average Bonchev–Trinajstić information content (AvgIpc) is 2.86. The quantitative estimate of drug-likeness (QED) is 0.386. The first-order valence-electron chi connectivity index (χ1n) is 6.31. The normalized spacial score (nSPS) is 11.0. The maximum absolute atomic E-state index is 6.18. The number of aromatic nitrogens is 3. The molecule has 0 unspecified atom stereocenters. The Hall–Kier alpha value is -0.870. The zero-order valence-electron chi connectivity index (χ0n) is 12.2. The van der Waals surface area contributed by atoms with Gasteiger partial charge < -0.3 is 10.6 Å². The maximum Gasteiger partial charge on any atom is 0.191 e. The van der Waals surface area contributed by atoms with Crippen molar-refractivity contribution in [1.82, 2.24) is 25.4 Å². The molecular formula is C13H17BrClIN6. The van der Waals surface area contributed by atoms with Crippen molar-refractivity contribution < 1.29 is 0 Å². The molecule has 0 bridgehead atoms. The van der Waals surface area contributed by atoms with E-state index in [2.05, 4.69) is 41.6 Å². The highest BCUT2D eigenvalue weighted by atomic mass is 127. The van der Waals surface area contributed by atoms with Gasteiger partial charge in [0.15, 0.2) is 5.96 Å². The zero-order valence-corrected chi connectivity index (χ0v) is 16.8. The molecule has 120 valence electrons. The van der Waals surface area contributed by atoms with Crippen LogP contribution in [0.4, 0.5) is 0 Å². The molecule has 9 heteroatoms. The number of aryl methyl sites for hydroxylation is 1. The van der Waals surface area contributed by atoms with Crippen LogP contribution in [0.15, 0.2) is 34.0 Å². The second kappa shape index (κ2) is 9.31. The van der Waals surface area contributed by atoms with Crippen molar-refractivity contribution in [2.45, 2.75) is 13.1 Å². The minimum atomic E-state index is 0. The first-order valence-corrected chi connectivity index (χ1v) is 7.48. The lowest BCUT2D eigenvalue weighted by Crippen LogP contribution is -2.37. The summed E-state index contributed by atoms with van der Waals surface area (Å²) in [6.45, 7) is 1.13. The molecule has 2 aromatic rings. The average molecular weight is 500 g/mol. The van der Waals surface area contributed by atoms with Gasteiger partial charge >= 0.3 is 0 Å². The van der Waals surface area contributed by atoms with Crippen molar-refractivity contribution in [3.63, 3.8) is 0 Å². The zero-order chi connectivity index (χ0) is 15.2. The molecule has 0 radical (unpaired) electrons. The van der Waals surface area contributed by atoms with Crippen LogP contribution in [0, 0.1) is 0 Å². The summed E-state index contributed by atoms with van der Waals surface area (Å²) in [6.07, 6.45) is 1.52. The number of halogens is 3. The van der Waals surface area contributed by atoms with Crippen molar-refractivity contribution in [1.29, 1.82) is 0 Å². The van der Waals surface area contributed by atoms with Crippen LogP contribution in [-0.2, 0) is 20.1 Å². The van der Waals surface area contributed by atoms with Crippen molar-refractivity contribution >= 4 is 57.5 Å². The van der Waals surface area contributed by atoms with Crippen LogP contribution in [0.1, 0.15) is 11.4 Å². The summed E-state index contributed by atoms with van der Waals surface area (Å²) < 4.78 is 2.67. The number of hydrogen-bond acceptors (Lipinski definition) is 3. The summed E-state index contributed by atoms with van der Waals surface area (Å²) in [5, 5.41) is 11.1. The molecule has 0 spiro atoms. The fourth-order valence-corrected chi connectivity index (χ4v) is 2.45. The lowest BCUT2D eigenvalue weighted by molar-refractivity contribution is 0.672. The smallest absolute Gasteiger partial charge is 0.191 e. The fraction of sp³-hybridized carbons (Fsp3) is 0.308. The molecule has 0 atom stereocenters. The number of rotatable bonds is 4. The predicted molar refractivity (Wildman–Crippen MR) is 103 cm³/mol. The van der Waals surface area contributed by atoms with E-state index in [1.165, 1.54) is 6.33 Å². The lowest BCUT2D eigenvalue weighted by atomic mass is 10.2. The van der Waals surface area contributed by atoms with Crippen molar-refractivity contribution in [2.24, 2.45) is 12.0 Å². The van der Waals surface area contributed by atoms with Crippen LogP contribution in [-0.4, -0.2) is 27.8 Å². The van der Waals surface area contributed by atoms with Gasteiger partial charge in [0.25, 0.3) is 0 Å². The molecule has 0 saturated heterocycles. The Balaban J connectivity index is 0.00000242. The van der Waals surface area contributed by atoms with Crippen LogP contribution in [0.5, 0.6) is 0 Å². The molecule has 0 saturated carbocycles. The van der Waals surface area contributed by atoms with Gasteiger partial charge in [0.05, 0.1) is 6.54 Å². The fourth-order valence-electron chi connectivity index (χ4n) is 1.71. The molecule has 2 rings (SSSR count). The molecule has 0 aliphatic rings. The van der Waals surface area contributed by atoms with E-state index in [4.69, 9.17) is 11.6 Å². The summed E-state index contributed by atoms with van der Waals surface area (Å²) >= 11 is 9.57. The monoisotopic (exact) mass is 498 g/mol. The Labute approximate surface area is 159 Å². The van der Waals surface area contributed by atoms with Gasteiger partial charge in [-0.1, -0.05) is 33.6 Å². The van der Waals surface area contributed by atoms with E-state index in [0.29, 0.717) is 24.1 Å². The van der Waals surface area contributed by atoms with Crippen molar-refractivity contribution in [3.8, 4) is 0 Å². The van der Waals surface area contributed by atoms with Gasteiger partial charge in [-0.25, -0.2) is 4.98 Å². The summed E-state index contributed by atoms with van der Waals surface area (Å²) in [5.74, 6) is 1.51. The van der Waals surface area contributed by atoms with Gasteiger partial charge in [-0.05, 0) is 17.7 Å². The number of nitrogens with one attached hydrogen (secondary N) is 2. The van der Waals surface area contributed by atoms with E-state index in [1.54, 1.807) is 11.7 Å². The minimum Gasteiger partial charge on any atom is -0.352 e. The van der Waals surface area contributed by atoms with Gasteiger partial charge in [-0.3, -0.25) is 9.67 Å². The van der Waals surface area contributed by atoms with Gasteiger partial charge in [0.1, 0.15) is 12.2 Å². The van der Waals surface area contributed by atoms with Crippen molar-refractivity contribution in [2.75, 3.05) is 7.05 Å². The third kappa shape index (κ3) is 5.40. The number of nitrogens with zero attached hydrogens (tertiary/aromatic N) is 4. The van der Waals surface area contributed by atoms with E-state index in [-0.39, 0.29) is 24.0 Å². The van der Waals surface area contributed by atoms with Gasteiger partial charge in [0.2, 0.25) is 0 Å². The predicted octanol–water partition coefficient (Wildman–Crippen LogP) is 2.71. The molecule has 1 aromatic carbocycles. The van der Waals surface area contributed by atoms with E-state index in [9.17, 15) is 0 Å². The number of hydrogen-bond donors (Lipinski definition) is 2. The topological polar surface area (TPSA) is 67.1 Å². The van der Waals surface area contributed by atoms with Gasteiger partial charge in [-0.2, -0.15) is 5.10 Å². The van der Waals surface area contributed by atoms with Crippen LogP contribution in [0.3, 0.4) is 0 Å². The molecule has 0 aliphatic heterocycles. The van der Waals surface area contributed by atoms with Gasteiger partial charge in [-0.15, -0.1) is 24.0 Å². The number of aliphatic imine (C=N–C) groups is 1. The molecule has 0 fully saturated rings. The molecular weight excluding hydrogens is 482 g/mol. The maximum atomic E-state index is 6.18. The van der Waals surface area contributed by atoms with E-state index < -0.39 is 0 Å². The van der Waals surface area contributed by atoms with Gasteiger partial charge in [0, 0.05) is 30.1 Å². The third-order valence-corrected chi connectivity index (χ3v) is 3.75. The molecule has 0 amide bonds. The molecule has 22 heavy (non-hydrogen) atoms. The molecule has 1 aromatic heterocycles. The van der Waals surface area contributed by atoms with E-state index in [0.717, 1.165) is 15.9 Å². The third-order valence-electron chi connectivity index (χ3n) is 2.90. The SMILES string of the molecule is CN=C(NCc1ccc(Br)cc1Cl)NCc1ncnn1C.I. The first kappa shape index (κ1) is 19.2. The van der Waals surface area contributed by atoms with Crippen LogP contribution >= 0.6 is 51.5 Å². The highest BCUT2D eigenvalue weighted by Crippen LogP contribution is 2.21. The summed E-state index contributed by atoms with van der Waals surface area (Å²) in [5.41, 5.74) is 1.00. The van der Waals surface area contributed by atoms with Crippen LogP contribution in [0.25, 0.3) is 0 Å². The standard InChI is InChI=1S/C13H16BrClN6.HI/c1-16-13(18-7-12-19-8-20-21(12)2)17-6-9-3-4-10(14)5-11(9)15;/h3-5,8H,6-7H2,1-2H3,(H2,16,17,18);1H. The highest BCUT2D eigenvalue weighted by molar-refractivity contribution is 14.0. The summed E-state index contributed by atoms with van der Waals surface area (Å²) in [7, 11) is 3.57. The Morgan fingerprint density at radius 3 is 2.68 bits per heavy atom.